The minimum atomic E-state index is -0.898. The van der Waals surface area contributed by atoms with Crippen molar-refractivity contribution in [1.29, 1.82) is 0 Å². The van der Waals surface area contributed by atoms with Gasteiger partial charge in [-0.25, -0.2) is 13.8 Å². The number of ether oxygens (including phenoxy) is 2. The molecule has 1 aromatic heterocycles. The highest BCUT2D eigenvalue weighted by Crippen LogP contribution is 2.33. The average Bonchev–Trinajstić information content (AvgIpc) is 3.18. The van der Waals surface area contributed by atoms with Gasteiger partial charge in [0.15, 0.2) is 28.3 Å². The quantitative estimate of drug-likeness (QED) is 0.490. The van der Waals surface area contributed by atoms with Gasteiger partial charge in [0.05, 0.1) is 19.9 Å². The molecule has 0 unspecified atom stereocenters. The van der Waals surface area contributed by atoms with Crippen LogP contribution in [0, 0.1) is 11.6 Å². The molecule has 0 spiro atoms. The van der Waals surface area contributed by atoms with Gasteiger partial charge in [-0.3, -0.25) is 4.79 Å². The van der Waals surface area contributed by atoms with Crippen molar-refractivity contribution in [3.63, 3.8) is 0 Å². The number of halogens is 2. The third-order valence-corrected chi connectivity index (χ3v) is 5.67. The second-order valence-electron chi connectivity index (χ2n) is 5.83. The molecule has 3 aromatic rings. The molecule has 0 saturated heterocycles. The number of benzene rings is 2. The maximum absolute atomic E-state index is 13.2. The highest BCUT2D eigenvalue weighted by molar-refractivity contribution is 7.99. The Morgan fingerprint density at radius 2 is 1.90 bits per heavy atom. The average molecular weight is 437 g/mol. The summed E-state index contributed by atoms with van der Waals surface area (Å²) < 4.78 is 36.6. The lowest BCUT2D eigenvalue weighted by atomic mass is 10.1. The number of rotatable bonds is 8. The molecule has 29 heavy (non-hydrogen) atoms. The molecule has 0 atom stereocenters. The van der Waals surface area contributed by atoms with E-state index in [4.69, 9.17) is 9.47 Å². The first-order valence-corrected chi connectivity index (χ1v) is 10.4. The minimum absolute atomic E-state index is 0.201. The zero-order valence-electron chi connectivity index (χ0n) is 15.7. The Kier molecular flexibility index (Phi) is 7.05. The number of amides is 1. The number of aromatic nitrogens is 1. The Morgan fingerprint density at radius 3 is 2.62 bits per heavy atom. The van der Waals surface area contributed by atoms with E-state index in [1.807, 2.05) is 17.5 Å². The summed E-state index contributed by atoms with van der Waals surface area (Å²) in [5.74, 6) is -0.332. The molecule has 1 N–H and O–H groups in total. The standard InChI is InChI=1S/C20H18F2N2O3S2/c1-26-17-6-3-12(9-18(17)27-2)16-11-29-20(23-16)24-19(25)7-8-28-13-4-5-14(21)15(22)10-13/h3-6,9-11H,7-8H2,1-2H3,(H,23,24,25). The summed E-state index contributed by atoms with van der Waals surface area (Å²) in [6.45, 7) is 0. The molecule has 1 heterocycles. The first-order valence-electron chi connectivity index (χ1n) is 8.55. The van der Waals surface area contributed by atoms with E-state index >= 15 is 0 Å². The second kappa shape index (κ2) is 9.71. The van der Waals surface area contributed by atoms with Gasteiger partial charge in [-0.15, -0.1) is 23.1 Å². The summed E-state index contributed by atoms with van der Waals surface area (Å²) >= 11 is 2.60. The Morgan fingerprint density at radius 1 is 1.10 bits per heavy atom. The number of carbonyl (C=O) groups excluding carboxylic acids is 1. The smallest absolute Gasteiger partial charge is 0.226 e. The summed E-state index contributed by atoms with van der Waals surface area (Å²) in [4.78, 5) is 17.1. The van der Waals surface area contributed by atoms with Gasteiger partial charge in [0.25, 0.3) is 0 Å². The molecule has 0 radical (unpaired) electrons. The van der Waals surface area contributed by atoms with E-state index in [2.05, 4.69) is 10.3 Å². The number of thioether (sulfide) groups is 1. The Hall–Kier alpha value is -2.65. The first-order chi connectivity index (χ1) is 14.0. The molecule has 0 fully saturated rings. The Bertz CT molecular complexity index is 1010. The lowest BCUT2D eigenvalue weighted by Gasteiger charge is -2.08. The summed E-state index contributed by atoms with van der Waals surface area (Å²) in [7, 11) is 3.13. The van der Waals surface area contributed by atoms with E-state index < -0.39 is 11.6 Å². The number of carbonyl (C=O) groups is 1. The van der Waals surface area contributed by atoms with Gasteiger partial charge in [-0.05, 0) is 36.4 Å². The van der Waals surface area contributed by atoms with Crippen LogP contribution < -0.4 is 14.8 Å². The lowest BCUT2D eigenvalue weighted by Crippen LogP contribution is -2.11. The lowest BCUT2D eigenvalue weighted by molar-refractivity contribution is -0.115. The fourth-order valence-electron chi connectivity index (χ4n) is 2.47. The van der Waals surface area contributed by atoms with Crippen LogP contribution in [-0.2, 0) is 4.79 Å². The van der Waals surface area contributed by atoms with Crippen molar-refractivity contribution in [2.75, 3.05) is 25.3 Å². The SMILES string of the molecule is COc1ccc(-c2csc(NC(=O)CCSc3ccc(F)c(F)c3)n2)cc1OC. The van der Waals surface area contributed by atoms with E-state index in [9.17, 15) is 13.6 Å². The van der Waals surface area contributed by atoms with E-state index in [1.54, 1.807) is 20.3 Å². The summed E-state index contributed by atoms with van der Waals surface area (Å²) in [6.07, 6.45) is 0.217. The van der Waals surface area contributed by atoms with Crippen LogP contribution in [-0.4, -0.2) is 30.9 Å². The fraction of sp³-hybridized carbons (Fsp3) is 0.200. The molecule has 3 rings (SSSR count). The van der Waals surface area contributed by atoms with Crippen LogP contribution in [0.2, 0.25) is 0 Å². The van der Waals surface area contributed by atoms with Crippen LogP contribution in [0.5, 0.6) is 11.5 Å². The van der Waals surface area contributed by atoms with Crippen LogP contribution in [0.15, 0.2) is 46.7 Å². The number of nitrogens with zero attached hydrogens (tertiary/aromatic N) is 1. The number of anilines is 1. The third kappa shape index (κ3) is 5.45. The molecule has 152 valence electrons. The predicted octanol–water partition coefficient (Wildman–Crippen LogP) is 5.23. The largest absolute Gasteiger partial charge is 0.493 e. The maximum atomic E-state index is 13.2. The zero-order chi connectivity index (χ0) is 20.8. The molecular formula is C20H18F2N2O3S2. The Balaban J connectivity index is 1.55. The van der Waals surface area contributed by atoms with Crippen LogP contribution in [0.1, 0.15) is 6.42 Å². The normalized spacial score (nSPS) is 10.6. The van der Waals surface area contributed by atoms with Crippen molar-refractivity contribution in [3.05, 3.63) is 53.4 Å². The first kappa shape index (κ1) is 21.1. The van der Waals surface area contributed by atoms with Crippen LogP contribution in [0.3, 0.4) is 0 Å². The maximum Gasteiger partial charge on any atom is 0.226 e. The van der Waals surface area contributed by atoms with Gasteiger partial charge in [-0.2, -0.15) is 0 Å². The summed E-state index contributed by atoms with van der Waals surface area (Å²) in [6, 6.07) is 9.15. The number of thiazole rings is 1. The second-order valence-corrected chi connectivity index (χ2v) is 7.86. The van der Waals surface area contributed by atoms with Gasteiger partial charge < -0.3 is 14.8 Å². The molecule has 0 aliphatic carbocycles. The van der Waals surface area contributed by atoms with Gasteiger partial charge in [-0.1, -0.05) is 0 Å². The molecule has 9 heteroatoms. The van der Waals surface area contributed by atoms with E-state index in [-0.39, 0.29) is 12.3 Å². The van der Waals surface area contributed by atoms with Gasteiger partial charge >= 0.3 is 0 Å². The van der Waals surface area contributed by atoms with Gasteiger partial charge in [0, 0.05) is 28.0 Å². The van der Waals surface area contributed by atoms with Crippen molar-refractivity contribution in [1.82, 2.24) is 4.98 Å². The highest BCUT2D eigenvalue weighted by atomic mass is 32.2. The predicted molar refractivity (Wildman–Crippen MR) is 111 cm³/mol. The number of hydrogen-bond donors (Lipinski definition) is 1. The van der Waals surface area contributed by atoms with Crippen molar-refractivity contribution >= 4 is 34.1 Å². The summed E-state index contributed by atoms with van der Waals surface area (Å²) in [5.41, 5.74) is 1.55. The number of methoxy groups -OCH3 is 2. The van der Waals surface area contributed by atoms with Crippen molar-refractivity contribution < 1.29 is 23.0 Å². The van der Waals surface area contributed by atoms with Crippen LogP contribution in [0.4, 0.5) is 13.9 Å². The minimum Gasteiger partial charge on any atom is -0.493 e. The molecule has 0 aliphatic heterocycles. The van der Waals surface area contributed by atoms with Crippen LogP contribution >= 0.6 is 23.1 Å². The fourth-order valence-corrected chi connectivity index (χ4v) is 4.08. The molecule has 0 aliphatic rings. The molecule has 0 bridgehead atoms. The Labute approximate surface area is 175 Å². The summed E-state index contributed by atoms with van der Waals surface area (Å²) in [5, 5.41) is 5.08. The van der Waals surface area contributed by atoms with Crippen LogP contribution in [0.25, 0.3) is 11.3 Å². The monoisotopic (exact) mass is 436 g/mol. The topological polar surface area (TPSA) is 60.5 Å². The highest BCUT2D eigenvalue weighted by Gasteiger charge is 2.11. The van der Waals surface area contributed by atoms with Crippen molar-refractivity contribution in [3.8, 4) is 22.8 Å². The van der Waals surface area contributed by atoms with Gasteiger partial charge in [0.2, 0.25) is 5.91 Å². The molecule has 2 aromatic carbocycles. The zero-order valence-corrected chi connectivity index (χ0v) is 17.3. The van der Waals surface area contributed by atoms with Crippen molar-refractivity contribution in [2.45, 2.75) is 11.3 Å². The van der Waals surface area contributed by atoms with E-state index in [0.717, 1.165) is 17.7 Å². The number of nitrogens with one attached hydrogen (secondary N) is 1. The number of hydrogen-bond acceptors (Lipinski definition) is 6. The third-order valence-electron chi connectivity index (χ3n) is 3.92. The molecule has 1 amide bonds. The molecule has 5 nitrogen and oxygen atoms in total. The van der Waals surface area contributed by atoms with E-state index in [0.29, 0.717) is 33.0 Å². The molecular weight excluding hydrogens is 418 g/mol. The molecule has 0 saturated carbocycles. The van der Waals surface area contributed by atoms with E-state index in [1.165, 1.54) is 29.2 Å². The van der Waals surface area contributed by atoms with Crippen molar-refractivity contribution in [2.24, 2.45) is 0 Å². The van der Waals surface area contributed by atoms with Gasteiger partial charge in [0.1, 0.15) is 0 Å².